The van der Waals surface area contributed by atoms with E-state index in [-0.39, 0.29) is 16.9 Å². The van der Waals surface area contributed by atoms with E-state index >= 15 is 0 Å². The molecule has 0 aromatic heterocycles. The zero-order valence-corrected chi connectivity index (χ0v) is 10.2. The molecule has 0 bridgehead atoms. The van der Waals surface area contributed by atoms with Crippen molar-refractivity contribution in [1.29, 1.82) is 0 Å². The molecule has 1 aromatic carbocycles. The van der Waals surface area contributed by atoms with E-state index in [9.17, 15) is 4.39 Å². The molecule has 1 aromatic rings. The van der Waals surface area contributed by atoms with Crippen LogP contribution in [-0.4, -0.2) is 6.04 Å². The Labute approximate surface area is 96.6 Å². The summed E-state index contributed by atoms with van der Waals surface area (Å²) in [7, 11) is 0. The molecular formula is C10H12BrClFN. The Hall–Kier alpha value is -0.120. The summed E-state index contributed by atoms with van der Waals surface area (Å²) in [6, 6.07) is 3.36. The Morgan fingerprint density at radius 1 is 1.57 bits per heavy atom. The number of nitrogens with two attached hydrogens (primary N) is 1. The van der Waals surface area contributed by atoms with Gasteiger partial charge in [0.05, 0.1) is 5.02 Å². The first-order chi connectivity index (χ1) is 6.52. The van der Waals surface area contributed by atoms with Crippen molar-refractivity contribution in [2.24, 2.45) is 5.73 Å². The minimum Gasteiger partial charge on any atom is -0.328 e. The second-order valence-corrected chi connectivity index (χ2v) is 4.60. The van der Waals surface area contributed by atoms with Crippen molar-refractivity contribution < 1.29 is 4.39 Å². The third-order valence-corrected chi connectivity index (χ3v) is 3.02. The van der Waals surface area contributed by atoms with E-state index in [1.54, 1.807) is 6.07 Å². The number of benzene rings is 1. The van der Waals surface area contributed by atoms with Gasteiger partial charge in [0.25, 0.3) is 0 Å². The van der Waals surface area contributed by atoms with Crippen LogP contribution in [0.15, 0.2) is 16.6 Å². The highest BCUT2D eigenvalue weighted by Crippen LogP contribution is 2.27. The van der Waals surface area contributed by atoms with Crippen molar-refractivity contribution in [2.45, 2.75) is 25.8 Å². The van der Waals surface area contributed by atoms with Crippen molar-refractivity contribution in [1.82, 2.24) is 0 Å². The lowest BCUT2D eigenvalue weighted by Crippen LogP contribution is -2.15. The van der Waals surface area contributed by atoms with E-state index in [0.717, 1.165) is 10.9 Å². The SMILES string of the molecule is C[C@@H](N)CCc1c(Br)ccc(Cl)c1F. The molecule has 0 saturated heterocycles. The summed E-state index contributed by atoms with van der Waals surface area (Å²) in [6.45, 7) is 1.90. The molecule has 0 radical (unpaired) electrons. The van der Waals surface area contributed by atoms with Crippen LogP contribution in [0.5, 0.6) is 0 Å². The van der Waals surface area contributed by atoms with Gasteiger partial charge >= 0.3 is 0 Å². The third kappa shape index (κ3) is 2.94. The average Bonchev–Trinajstić information content (AvgIpc) is 2.11. The largest absolute Gasteiger partial charge is 0.328 e. The molecule has 0 aliphatic carbocycles. The summed E-state index contributed by atoms with van der Waals surface area (Å²) in [6.07, 6.45) is 1.35. The summed E-state index contributed by atoms with van der Waals surface area (Å²) in [5.74, 6) is -0.346. The van der Waals surface area contributed by atoms with E-state index in [1.165, 1.54) is 6.07 Å². The fourth-order valence-corrected chi connectivity index (χ4v) is 1.85. The van der Waals surface area contributed by atoms with Crippen LogP contribution in [0.2, 0.25) is 5.02 Å². The Bertz CT molecular complexity index is 328. The quantitative estimate of drug-likeness (QED) is 0.842. The number of rotatable bonds is 3. The second-order valence-electron chi connectivity index (χ2n) is 3.34. The first kappa shape index (κ1) is 12.0. The minimum atomic E-state index is -0.346. The molecule has 0 saturated carbocycles. The van der Waals surface area contributed by atoms with E-state index in [4.69, 9.17) is 17.3 Å². The molecule has 0 heterocycles. The monoisotopic (exact) mass is 279 g/mol. The fraction of sp³-hybridized carbons (Fsp3) is 0.400. The Kier molecular flexibility index (Phi) is 4.35. The molecular weight excluding hydrogens is 268 g/mol. The highest BCUT2D eigenvalue weighted by molar-refractivity contribution is 9.10. The molecule has 1 nitrogen and oxygen atoms in total. The first-order valence-corrected chi connectivity index (χ1v) is 5.57. The first-order valence-electron chi connectivity index (χ1n) is 4.40. The minimum absolute atomic E-state index is 0.0697. The van der Waals surface area contributed by atoms with E-state index < -0.39 is 0 Å². The molecule has 1 rings (SSSR count). The average molecular weight is 281 g/mol. The van der Waals surface area contributed by atoms with Gasteiger partial charge in [0.15, 0.2) is 0 Å². The van der Waals surface area contributed by atoms with Gasteiger partial charge in [0.1, 0.15) is 5.82 Å². The van der Waals surface area contributed by atoms with E-state index in [1.807, 2.05) is 6.92 Å². The Morgan fingerprint density at radius 3 is 2.79 bits per heavy atom. The zero-order chi connectivity index (χ0) is 10.7. The van der Waals surface area contributed by atoms with Crippen LogP contribution in [0.3, 0.4) is 0 Å². The van der Waals surface area contributed by atoms with Gasteiger partial charge in [-0.3, -0.25) is 0 Å². The van der Waals surface area contributed by atoms with Gasteiger partial charge in [-0.05, 0) is 31.9 Å². The predicted molar refractivity (Wildman–Crippen MR) is 61.1 cm³/mol. The summed E-state index contributed by atoms with van der Waals surface area (Å²) >= 11 is 8.97. The van der Waals surface area contributed by atoms with Crippen LogP contribution in [0.4, 0.5) is 4.39 Å². The molecule has 14 heavy (non-hydrogen) atoms. The highest BCUT2D eigenvalue weighted by atomic mass is 79.9. The lowest BCUT2D eigenvalue weighted by Gasteiger charge is -2.09. The maximum Gasteiger partial charge on any atom is 0.146 e. The van der Waals surface area contributed by atoms with E-state index in [0.29, 0.717) is 12.0 Å². The molecule has 0 aliphatic rings. The van der Waals surface area contributed by atoms with Gasteiger partial charge in [0.2, 0.25) is 0 Å². The molecule has 78 valence electrons. The molecule has 1 atom stereocenters. The van der Waals surface area contributed by atoms with Crippen molar-refractivity contribution >= 4 is 27.5 Å². The van der Waals surface area contributed by atoms with Gasteiger partial charge in [-0.15, -0.1) is 0 Å². The van der Waals surface area contributed by atoms with Crippen LogP contribution in [0.1, 0.15) is 18.9 Å². The third-order valence-electron chi connectivity index (χ3n) is 1.99. The van der Waals surface area contributed by atoms with Crippen LogP contribution in [0, 0.1) is 5.82 Å². The summed E-state index contributed by atoms with van der Waals surface area (Å²) in [5, 5.41) is 0.160. The highest BCUT2D eigenvalue weighted by Gasteiger charge is 2.11. The second kappa shape index (κ2) is 5.10. The van der Waals surface area contributed by atoms with Gasteiger partial charge in [-0.2, -0.15) is 0 Å². The number of halogens is 3. The maximum absolute atomic E-state index is 13.5. The lowest BCUT2D eigenvalue weighted by atomic mass is 10.1. The summed E-state index contributed by atoms with van der Waals surface area (Å²) in [5.41, 5.74) is 6.21. The number of hydrogen-bond acceptors (Lipinski definition) is 1. The standard InChI is InChI=1S/C10H12BrClFN/c1-6(14)2-3-7-8(11)4-5-9(12)10(7)13/h4-6H,2-3,14H2,1H3/t6-/m1/s1. The molecule has 4 heteroatoms. The van der Waals surface area contributed by atoms with Crippen molar-refractivity contribution in [3.8, 4) is 0 Å². The number of hydrogen-bond donors (Lipinski definition) is 1. The van der Waals surface area contributed by atoms with Gasteiger partial charge in [-0.25, -0.2) is 4.39 Å². The van der Waals surface area contributed by atoms with Crippen LogP contribution in [-0.2, 0) is 6.42 Å². The Morgan fingerprint density at radius 2 is 2.21 bits per heavy atom. The zero-order valence-electron chi connectivity index (χ0n) is 7.86. The van der Waals surface area contributed by atoms with E-state index in [2.05, 4.69) is 15.9 Å². The smallest absolute Gasteiger partial charge is 0.146 e. The Balaban J connectivity index is 2.89. The molecule has 0 amide bonds. The van der Waals surface area contributed by atoms with Gasteiger partial charge in [-0.1, -0.05) is 27.5 Å². The topological polar surface area (TPSA) is 26.0 Å². The molecule has 0 unspecified atom stereocenters. The van der Waals surface area contributed by atoms with Crippen LogP contribution >= 0.6 is 27.5 Å². The summed E-state index contributed by atoms with van der Waals surface area (Å²) < 4.78 is 14.3. The molecule has 0 aliphatic heterocycles. The molecule has 0 fully saturated rings. The molecule has 0 spiro atoms. The van der Waals surface area contributed by atoms with Crippen LogP contribution in [0.25, 0.3) is 0 Å². The summed E-state index contributed by atoms with van der Waals surface area (Å²) in [4.78, 5) is 0. The maximum atomic E-state index is 13.5. The lowest BCUT2D eigenvalue weighted by molar-refractivity contribution is 0.589. The fourth-order valence-electron chi connectivity index (χ4n) is 1.17. The van der Waals surface area contributed by atoms with Crippen molar-refractivity contribution in [3.63, 3.8) is 0 Å². The van der Waals surface area contributed by atoms with Gasteiger partial charge < -0.3 is 5.73 Å². The predicted octanol–water partition coefficient (Wildman–Crippen LogP) is 3.52. The van der Waals surface area contributed by atoms with Crippen molar-refractivity contribution in [2.75, 3.05) is 0 Å². The normalized spacial score (nSPS) is 12.9. The molecule has 2 N–H and O–H groups in total. The van der Waals surface area contributed by atoms with Crippen LogP contribution < -0.4 is 5.73 Å². The van der Waals surface area contributed by atoms with Gasteiger partial charge in [0, 0.05) is 16.1 Å². The van der Waals surface area contributed by atoms with Crippen molar-refractivity contribution in [3.05, 3.63) is 33.0 Å².